The van der Waals surface area contributed by atoms with E-state index in [0.717, 1.165) is 23.9 Å². The van der Waals surface area contributed by atoms with Gasteiger partial charge in [-0.2, -0.15) is 0 Å². The van der Waals surface area contributed by atoms with Crippen LogP contribution in [0.25, 0.3) is 11.0 Å². The summed E-state index contributed by atoms with van der Waals surface area (Å²) in [5.41, 5.74) is 1.75. The summed E-state index contributed by atoms with van der Waals surface area (Å²) >= 11 is 0. The predicted octanol–water partition coefficient (Wildman–Crippen LogP) is 5.65. The lowest BCUT2D eigenvalue weighted by atomic mass is 9.99. The summed E-state index contributed by atoms with van der Waals surface area (Å²) in [5.74, 6) is -0.723. The summed E-state index contributed by atoms with van der Waals surface area (Å²) in [5, 5.41) is 9.52. The van der Waals surface area contributed by atoms with Crippen molar-refractivity contribution < 1.29 is 9.90 Å². The van der Waals surface area contributed by atoms with Crippen LogP contribution in [0.3, 0.4) is 0 Å². The monoisotopic (exact) mass is 330 g/mol. The first-order valence-electron chi connectivity index (χ1n) is 9.40. The highest BCUT2D eigenvalue weighted by molar-refractivity contribution is 5.79. The zero-order valence-corrected chi connectivity index (χ0v) is 14.8. The second kappa shape index (κ2) is 10.1. The number of aliphatic carboxylic acids is 1. The highest BCUT2D eigenvalue weighted by Crippen LogP contribution is 2.23. The third-order valence-electron chi connectivity index (χ3n) is 4.63. The number of carboxylic acids is 1. The van der Waals surface area contributed by atoms with Gasteiger partial charge in [-0.3, -0.25) is 4.79 Å². The minimum absolute atomic E-state index is 0.526. The van der Waals surface area contributed by atoms with Crippen molar-refractivity contribution in [2.24, 2.45) is 0 Å². The minimum atomic E-state index is -0.784. The average Bonchev–Trinajstić information content (AvgIpc) is 2.99. The zero-order chi connectivity index (χ0) is 17.2. The third kappa shape index (κ3) is 5.66. The van der Waals surface area contributed by atoms with E-state index in [1.807, 2.05) is 24.3 Å². The summed E-state index contributed by atoms with van der Waals surface area (Å²) in [7, 11) is 0. The first-order chi connectivity index (χ1) is 11.7. The van der Waals surface area contributed by atoms with Crippen LogP contribution in [0.15, 0.2) is 24.3 Å². The smallest absolute Gasteiger partial charge is 0.314 e. The van der Waals surface area contributed by atoms with Crippen molar-refractivity contribution in [2.75, 3.05) is 0 Å². The number of hydrogen-bond acceptors (Lipinski definition) is 2. The van der Waals surface area contributed by atoms with Crippen molar-refractivity contribution in [3.05, 3.63) is 30.1 Å². The number of carboxylic acid groups (broad SMARTS) is 1. The molecule has 1 atom stereocenters. The number of carbonyl (C=O) groups is 1. The SMILES string of the molecule is CCCCCCCCCCCC(C(=O)O)c1nc2ccccc2[nH]1. The molecule has 1 unspecified atom stereocenters. The molecule has 132 valence electrons. The standard InChI is InChI=1S/C20H30N2O2/c1-2-3-4-5-6-7-8-9-10-13-16(20(23)24)19-21-17-14-11-12-15-18(17)22-19/h11-12,14-16H,2-10,13H2,1H3,(H,21,22)(H,23,24). The van der Waals surface area contributed by atoms with Crippen molar-refractivity contribution >= 4 is 17.0 Å². The lowest BCUT2D eigenvalue weighted by Gasteiger charge is -2.09. The summed E-state index contributed by atoms with van der Waals surface area (Å²) in [6, 6.07) is 7.69. The van der Waals surface area contributed by atoms with Crippen LogP contribution in [0.4, 0.5) is 0 Å². The number of fused-ring (bicyclic) bond motifs is 1. The second-order valence-corrected chi connectivity index (χ2v) is 6.65. The highest BCUT2D eigenvalue weighted by Gasteiger charge is 2.22. The maximum atomic E-state index is 11.6. The molecule has 0 bridgehead atoms. The minimum Gasteiger partial charge on any atom is -0.481 e. The number of hydrogen-bond donors (Lipinski definition) is 2. The molecule has 2 rings (SSSR count). The van der Waals surface area contributed by atoms with Crippen LogP contribution in [0.2, 0.25) is 0 Å². The molecule has 0 fully saturated rings. The van der Waals surface area contributed by atoms with Crippen LogP contribution in [-0.4, -0.2) is 21.0 Å². The summed E-state index contributed by atoms with van der Waals surface area (Å²) in [6.07, 6.45) is 11.8. The van der Waals surface area contributed by atoms with Gasteiger partial charge in [0, 0.05) is 0 Å². The Balaban J connectivity index is 1.73. The molecule has 0 radical (unpaired) electrons. The second-order valence-electron chi connectivity index (χ2n) is 6.65. The maximum Gasteiger partial charge on any atom is 0.314 e. The van der Waals surface area contributed by atoms with Crippen LogP contribution >= 0.6 is 0 Å². The molecule has 1 aromatic heterocycles. The number of para-hydroxylation sites is 2. The van der Waals surface area contributed by atoms with E-state index in [1.54, 1.807) is 0 Å². The van der Waals surface area contributed by atoms with Gasteiger partial charge in [-0.15, -0.1) is 0 Å². The molecule has 0 saturated heterocycles. The van der Waals surface area contributed by atoms with Gasteiger partial charge in [0.1, 0.15) is 11.7 Å². The van der Waals surface area contributed by atoms with E-state index in [9.17, 15) is 9.90 Å². The predicted molar refractivity (Wildman–Crippen MR) is 98.3 cm³/mol. The van der Waals surface area contributed by atoms with E-state index >= 15 is 0 Å². The zero-order valence-electron chi connectivity index (χ0n) is 14.8. The van der Waals surface area contributed by atoms with Gasteiger partial charge < -0.3 is 10.1 Å². The first-order valence-corrected chi connectivity index (χ1v) is 9.40. The fraction of sp³-hybridized carbons (Fsp3) is 0.600. The van der Waals surface area contributed by atoms with Crippen LogP contribution in [0.5, 0.6) is 0 Å². The quantitative estimate of drug-likeness (QED) is 0.494. The topological polar surface area (TPSA) is 66.0 Å². The largest absolute Gasteiger partial charge is 0.481 e. The normalized spacial score (nSPS) is 12.5. The van der Waals surface area contributed by atoms with Crippen LogP contribution in [-0.2, 0) is 4.79 Å². The molecule has 2 aromatic rings. The fourth-order valence-electron chi connectivity index (χ4n) is 3.17. The highest BCUT2D eigenvalue weighted by atomic mass is 16.4. The van der Waals surface area contributed by atoms with Gasteiger partial charge in [0.15, 0.2) is 0 Å². The van der Waals surface area contributed by atoms with Crippen LogP contribution in [0, 0.1) is 0 Å². The molecule has 24 heavy (non-hydrogen) atoms. The molecule has 0 aliphatic rings. The Labute approximate surface area is 144 Å². The molecule has 1 heterocycles. The Morgan fingerprint density at radius 2 is 1.67 bits per heavy atom. The lowest BCUT2D eigenvalue weighted by Crippen LogP contribution is -2.13. The molecule has 0 amide bonds. The van der Waals surface area contributed by atoms with Gasteiger partial charge in [-0.25, -0.2) is 4.98 Å². The first kappa shape index (κ1) is 18.5. The third-order valence-corrected chi connectivity index (χ3v) is 4.63. The molecule has 0 aliphatic carbocycles. The van der Waals surface area contributed by atoms with Crippen molar-refractivity contribution in [1.29, 1.82) is 0 Å². The van der Waals surface area contributed by atoms with Gasteiger partial charge in [0.25, 0.3) is 0 Å². The van der Waals surface area contributed by atoms with Crippen molar-refractivity contribution in [3.63, 3.8) is 0 Å². The Hall–Kier alpha value is -1.84. The molecular formula is C20H30N2O2. The Morgan fingerprint density at radius 1 is 1.04 bits per heavy atom. The van der Waals surface area contributed by atoms with Gasteiger partial charge in [-0.1, -0.05) is 76.8 Å². The Bertz CT molecular complexity index is 588. The van der Waals surface area contributed by atoms with Crippen molar-refractivity contribution in [2.45, 2.75) is 77.0 Å². The maximum absolute atomic E-state index is 11.6. The van der Waals surface area contributed by atoms with E-state index < -0.39 is 11.9 Å². The number of nitrogens with zero attached hydrogens (tertiary/aromatic N) is 1. The Morgan fingerprint density at radius 3 is 2.29 bits per heavy atom. The molecule has 4 nitrogen and oxygen atoms in total. The van der Waals surface area contributed by atoms with Gasteiger partial charge in [-0.05, 0) is 18.6 Å². The van der Waals surface area contributed by atoms with Gasteiger partial charge in [0.05, 0.1) is 11.0 Å². The number of rotatable bonds is 12. The van der Waals surface area contributed by atoms with Gasteiger partial charge >= 0.3 is 5.97 Å². The lowest BCUT2D eigenvalue weighted by molar-refractivity contribution is -0.139. The molecule has 2 N–H and O–H groups in total. The number of nitrogens with one attached hydrogen (secondary N) is 1. The average molecular weight is 330 g/mol. The summed E-state index contributed by atoms with van der Waals surface area (Å²) < 4.78 is 0. The van der Waals surface area contributed by atoms with Gasteiger partial charge in [0.2, 0.25) is 0 Å². The van der Waals surface area contributed by atoms with E-state index in [0.29, 0.717) is 12.2 Å². The van der Waals surface area contributed by atoms with Crippen molar-refractivity contribution in [3.8, 4) is 0 Å². The number of aromatic nitrogens is 2. The van der Waals surface area contributed by atoms with E-state index in [4.69, 9.17) is 0 Å². The van der Waals surface area contributed by atoms with Crippen LogP contribution in [0.1, 0.15) is 82.9 Å². The molecule has 0 aliphatic heterocycles. The fourth-order valence-corrected chi connectivity index (χ4v) is 3.17. The molecule has 0 spiro atoms. The van der Waals surface area contributed by atoms with Crippen LogP contribution < -0.4 is 0 Å². The molecule has 0 saturated carbocycles. The number of benzene rings is 1. The van der Waals surface area contributed by atoms with E-state index in [1.165, 1.54) is 44.9 Å². The Kier molecular flexibility index (Phi) is 7.80. The number of imidazole rings is 1. The van der Waals surface area contributed by atoms with E-state index in [2.05, 4.69) is 16.9 Å². The molecule has 4 heteroatoms. The summed E-state index contributed by atoms with van der Waals surface area (Å²) in [6.45, 7) is 2.24. The van der Waals surface area contributed by atoms with Crippen molar-refractivity contribution in [1.82, 2.24) is 9.97 Å². The van der Waals surface area contributed by atoms with E-state index in [-0.39, 0.29) is 0 Å². The summed E-state index contributed by atoms with van der Waals surface area (Å²) in [4.78, 5) is 19.2. The number of unbranched alkanes of at least 4 members (excludes halogenated alkanes) is 8. The number of H-pyrrole nitrogens is 1. The number of aromatic amines is 1. The molecule has 1 aromatic carbocycles. The molecular weight excluding hydrogens is 300 g/mol.